The van der Waals surface area contributed by atoms with Crippen LogP contribution in [0.2, 0.25) is 0 Å². The molecule has 0 saturated carbocycles. The first-order valence-electron chi connectivity index (χ1n) is 9.05. The van der Waals surface area contributed by atoms with Crippen molar-refractivity contribution in [2.24, 2.45) is 4.99 Å². The van der Waals surface area contributed by atoms with Crippen LogP contribution in [0.4, 0.5) is 0 Å². The predicted octanol–water partition coefficient (Wildman–Crippen LogP) is 1.07. The van der Waals surface area contributed by atoms with Crippen LogP contribution in [0.1, 0.15) is 17.3 Å². The molecule has 0 bridgehead atoms. The molecule has 1 fully saturated rings. The van der Waals surface area contributed by atoms with Gasteiger partial charge >= 0.3 is 0 Å². The summed E-state index contributed by atoms with van der Waals surface area (Å²) in [5, 5.41) is 9.37. The zero-order valence-corrected chi connectivity index (χ0v) is 16.8. The molecule has 2 rings (SSSR count). The summed E-state index contributed by atoms with van der Waals surface area (Å²) in [5.41, 5.74) is 0.652. The molecule has 0 radical (unpaired) electrons. The van der Waals surface area contributed by atoms with Crippen LogP contribution in [-0.4, -0.2) is 75.8 Å². The van der Waals surface area contributed by atoms with E-state index in [0.29, 0.717) is 18.7 Å². The summed E-state index contributed by atoms with van der Waals surface area (Å²) in [6.45, 7) is 9.21. The van der Waals surface area contributed by atoms with Gasteiger partial charge in [0.15, 0.2) is 5.96 Å². The van der Waals surface area contributed by atoms with Gasteiger partial charge in [0, 0.05) is 49.3 Å². The molecule has 26 heavy (non-hydrogen) atoms. The lowest BCUT2D eigenvalue weighted by atomic mass is 10.2. The third-order valence-corrected chi connectivity index (χ3v) is 4.47. The molecule has 8 heteroatoms. The maximum absolute atomic E-state index is 12.1. The van der Waals surface area contributed by atoms with E-state index in [0.717, 1.165) is 56.4 Å². The van der Waals surface area contributed by atoms with Crippen molar-refractivity contribution in [3.05, 3.63) is 34.3 Å². The molecule has 1 aliphatic rings. The molecule has 1 aromatic carbocycles. The van der Waals surface area contributed by atoms with Crippen molar-refractivity contribution in [3.8, 4) is 0 Å². The summed E-state index contributed by atoms with van der Waals surface area (Å²) in [5.74, 6) is 0.701. The van der Waals surface area contributed by atoms with Gasteiger partial charge in [0.1, 0.15) is 0 Å². The van der Waals surface area contributed by atoms with Gasteiger partial charge in [-0.05, 0) is 31.2 Å². The molecular weight excluding hydrogens is 398 g/mol. The van der Waals surface area contributed by atoms with Crippen molar-refractivity contribution in [1.82, 2.24) is 20.9 Å². The van der Waals surface area contributed by atoms with Gasteiger partial charge in [0.2, 0.25) is 0 Å². The molecular formula is C18H28BrN5O2. The van der Waals surface area contributed by atoms with E-state index in [1.54, 1.807) is 12.1 Å². The summed E-state index contributed by atoms with van der Waals surface area (Å²) in [7, 11) is 0. The summed E-state index contributed by atoms with van der Waals surface area (Å²) < 4.78 is 6.31. The highest BCUT2D eigenvalue weighted by atomic mass is 79.9. The normalized spacial score (nSPS) is 15.5. The van der Waals surface area contributed by atoms with Crippen molar-refractivity contribution in [1.29, 1.82) is 0 Å². The number of amides is 1. The Morgan fingerprint density at radius 2 is 1.85 bits per heavy atom. The van der Waals surface area contributed by atoms with Crippen molar-refractivity contribution in [3.63, 3.8) is 0 Å². The van der Waals surface area contributed by atoms with Crippen LogP contribution in [0.3, 0.4) is 0 Å². The molecule has 1 aliphatic heterocycles. The third kappa shape index (κ3) is 7.72. The molecule has 7 nitrogen and oxygen atoms in total. The Balaban J connectivity index is 1.67. The number of nitrogens with one attached hydrogen (secondary N) is 3. The van der Waals surface area contributed by atoms with Gasteiger partial charge in [-0.15, -0.1) is 0 Å². The van der Waals surface area contributed by atoms with Gasteiger partial charge in [0.25, 0.3) is 5.91 Å². The maximum atomic E-state index is 12.1. The average Bonchev–Trinajstić information content (AvgIpc) is 2.66. The van der Waals surface area contributed by atoms with E-state index < -0.39 is 0 Å². The number of rotatable bonds is 8. The molecule has 0 atom stereocenters. The number of guanidine groups is 1. The Bertz CT molecular complexity index is 573. The van der Waals surface area contributed by atoms with Crippen molar-refractivity contribution >= 4 is 27.8 Å². The van der Waals surface area contributed by atoms with Gasteiger partial charge in [0.05, 0.1) is 19.8 Å². The van der Waals surface area contributed by atoms with Crippen LogP contribution in [0.15, 0.2) is 33.7 Å². The summed E-state index contributed by atoms with van der Waals surface area (Å²) in [6.07, 6.45) is 0. The van der Waals surface area contributed by atoms with E-state index in [1.165, 1.54) is 0 Å². The van der Waals surface area contributed by atoms with Gasteiger partial charge in [-0.25, -0.2) is 0 Å². The predicted molar refractivity (Wildman–Crippen MR) is 108 cm³/mol. The highest BCUT2D eigenvalue weighted by molar-refractivity contribution is 9.10. The molecule has 1 heterocycles. The number of hydrogen-bond acceptors (Lipinski definition) is 4. The number of hydrogen-bond donors (Lipinski definition) is 3. The fourth-order valence-corrected chi connectivity index (χ4v) is 2.79. The van der Waals surface area contributed by atoms with Gasteiger partial charge < -0.3 is 20.7 Å². The van der Waals surface area contributed by atoms with Crippen LogP contribution < -0.4 is 16.0 Å². The minimum atomic E-state index is -0.0754. The number of morpholine rings is 1. The van der Waals surface area contributed by atoms with Gasteiger partial charge in [-0.2, -0.15) is 0 Å². The molecule has 0 aliphatic carbocycles. The van der Waals surface area contributed by atoms with E-state index >= 15 is 0 Å². The highest BCUT2D eigenvalue weighted by Crippen LogP contribution is 2.10. The second-order valence-corrected chi connectivity index (χ2v) is 6.82. The number of ether oxygens (including phenoxy) is 1. The van der Waals surface area contributed by atoms with Crippen LogP contribution >= 0.6 is 15.9 Å². The number of nitrogens with zero attached hydrogens (tertiary/aromatic N) is 2. The Morgan fingerprint density at radius 1 is 1.15 bits per heavy atom. The van der Waals surface area contributed by atoms with Crippen LogP contribution in [-0.2, 0) is 4.74 Å². The number of carbonyl (C=O) groups excluding carboxylic acids is 1. The third-order valence-electron chi connectivity index (χ3n) is 3.94. The van der Waals surface area contributed by atoms with Crippen LogP contribution in [0.5, 0.6) is 0 Å². The molecule has 144 valence electrons. The largest absolute Gasteiger partial charge is 0.379 e. The quantitative estimate of drug-likeness (QED) is 0.329. The van der Waals surface area contributed by atoms with E-state index in [4.69, 9.17) is 4.74 Å². The van der Waals surface area contributed by atoms with E-state index in [2.05, 4.69) is 41.8 Å². The van der Waals surface area contributed by atoms with E-state index in [9.17, 15) is 4.79 Å². The molecule has 1 aromatic rings. The smallest absolute Gasteiger partial charge is 0.251 e. The molecule has 1 saturated heterocycles. The molecule has 1 amide bonds. The zero-order valence-electron chi connectivity index (χ0n) is 15.3. The van der Waals surface area contributed by atoms with Crippen molar-refractivity contribution in [2.45, 2.75) is 6.92 Å². The number of aliphatic imine (C=N–C) groups is 1. The van der Waals surface area contributed by atoms with E-state index in [1.807, 2.05) is 19.1 Å². The zero-order chi connectivity index (χ0) is 18.6. The summed E-state index contributed by atoms with van der Waals surface area (Å²) in [6, 6.07) is 7.31. The Morgan fingerprint density at radius 3 is 2.54 bits per heavy atom. The first kappa shape index (κ1) is 20.7. The van der Waals surface area contributed by atoms with Crippen LogP contribution in [0.25, 0.3) is 0 Å². The monoisotopic (exact) mass is 425 g/mol. The molecule has 0 aromatic heterocycles. The maximum Gasteiger partial charge on any atom is 0.251 e. The second kappa shape index (κ2) is 11.9. The highest BCUT2D eigenvalue weighted by Gasteiger charge is 2.09. The lowest BCUT2D eigenvalue weighted by molar-refractivity contribution is 0.0394. The fraction of sp³-hybridized carbons (Fsp3) is 0.556. The average molecular weight is 426 g/mol. The Hall–Kier alpha value is -1.64. The van der Waals surface area contributed by atoms with Crippen LogP contribution in [0, 0.1) is 0 Å². The molecule has 0 spiro atoms. The lowest BCUT2D eigenvalue weighted by Crippen LogP contribution is -2.42. The Labute approximate surface area is 163 Å². The number of carbonyl (C=O) groups is 1. The van der Waals surface area contributed by atoms with Crippen molar-refractivity contribution < 1.29 is 9.53 Å². The number of benzene rings is 1. The van der Waals surface area contributed by atoms with E-state index in [-0.39, 0.29) is 5.91 Å². The molecule has 0 unspecified atom stereocenters. The van der Waals surface area contributed by atoms with Gasteiger partial charge in [-0.1, -0.05) is 15.9 Å². The molecule has 3 N–H and O–H groups in total. The standard InChI is InChI=1S/C18H28BrN5O2/c1-2-20-18(23-9-10-24-11-13-26-14-12-24)22-8-7-21-17(25)15-3-5-16(19)6-4-15/h3-6H,2,7-14H2,1H3,(H,21,25)(H2,20,22,23). The Kier molecular flexibility index (Phi) is 9.44. The fourth-order valence-electron chi connectivity index (χ4n) is 2.53. The summed E-state index contributed by atoms with van der Waals surface area (Å²) >= 11 is 3.36. The topological polar surface area (TPSA) is 78.0 Å². The minimum Gasteiger partial charge on any atom is -0.379 e. The summed E-state index contributed by atoms with van der Waals surface area (Å²) in [4.78, 5) is 19.0. The van der Waals surface area contributed by atoms with Crippen molar-refractivity contribution in [2.75, 3.05) is 59.0 Å². The van der Waals surface area contributed by atoms with Gasteiger partial charge in [-0.3, -0.25) is 14.7 Å². The minimum absolute atomic E-state index is 0.0754. The SMILES string of the molecule is CCNC(=NCCN1CCOCC1)NCCNC(=O)c1ccc(Br)cc1. The number of halogens is 1. The lowest BCUT2D eigenvalue weighted by Gasteiger charge is -2.25. The first-order valence-corrected chi connectivity index (χ1v) is 9.84. The second-order valence-electron chi connectivity index (χ2n) is 5.90. The first-order chi connectivity index (χ1) is 12.7.